The lowest BCUT2D eigenvalue weighted by Crippen LogP contribution is -2.13. The number of benzene rings is 2. The molecular weight excluding hydrogens is 406 g/mol. The summed E-state index contributed by atoms with van der Waals surface area (Å²) in [6.45, 7) is 0. The van der Waals surface area contributed by atoms with Crippen molar-refractivity contribution in [2.45, 2.75) is 4.90 Å². The van der Waals surface area contributed by atoms with Gasteiger partial charge in [-0.05, 0) is 41.8 Å². The lowest BCUT2D eigenvalue weighted by molar-refractivity contribution is 0.601. The van der Waals surface area contributed by atoms with Crippen LogP contribution in [0.4, 0.5) is 5.13 Å². The highest BCUT2D eigenvalue weighted by Gasteiger charge is 2.17. The maximum Gasteiger partial charge on any atom is 0.263 e. The molecule has 4 aromatic rings. The molecule has 9 heteroatoms. The van der Waals surface area contributed by atoms with Crippen molar-refractivity contribution in [1.29, 1.82) is 0 Å². The third kappa shape index (κ3) is 3.59. The van der Waals surface area contributed by atoms with Gasteiger partial charge in [-0.1, -0.05) is 29.8 Å². The zero-order valence-electron chi connectivity index (χ0n) is 13.6. The van der Waals surface area contributed by atoms with E-state index in [-0.39, 0.29) is 15.6 Å². The van der Waals surface area contributed by atoms with Gasteiger partial charge in [0.25, 0.3) is 15.6 Å². The normalized spacial score (nSPS) is 11.6. The molecule has 0 spiro atoms. The summed E-state index contributed by atoms with van der Waals surface area (Å²) in [5, 5.41) is 3.12. The number of rotatable bonds is 4. The predicted octanol–water partition coefficient (Wildman–Crippen LogP) is 4.11. The summed E-state index contributed by atoms with van der Waals surface area (Å²) in [4.78, 5) is 19.5. The second-order valence-electron chi connectivity index (χ2n) is 5.70. The van der Waals surface area contributed by atoms with Gasteiger partial charge in [0.1, 0.15) is 0 Å². The highest BCUT2D eigenvalue weighted by Crippen LogP contribution is 2.26. The first-order valence-corrected chi connectivity index (χ1v) is 10.5. The number of aromatic amines is 1. The van der Waals surface area contributed by atoms with E-state index in [1.807, 2.05) is 24.3 Å². The van der Waals surface area contributed by atoms with Crippen molar-refractivity contribution in [3.05, 3.63) is 75.4 Å². The number of nitrogens with one attached hydrogen (secondary N) is 2. The Kier molecular flexibility index (Phi) is 4.47. The molecule has 0 bridgehead atoms. The maximum atomic E-state index is 12.4. The van der Waals surface area contributed by atoms with Crippen LogP contribution in [0.3, 0.4) is 0 Å². The van der Waals surface area contributed by atoms with Gasteiger partial charge in [-0.15, -0.1) is 11.3 Å². The average Bonchev–Trinajstić information content (AvgIpc) is 3.09. The summed E-state index contributed by atoms with van der Waals surface area (Å²) in [6.07, 6.45) is 0. The van der Waals surface area contributed by atoms with Crippen LogP contribution in [0.1, 0.15) is 0 Å². The Labute approximate surface area is 163 Å². The second kappa shape index (κ2) is 6.80. The van der Waals surface area contributed by atoms with Crippen LogP contribution >= 0.6 is 22.9 Å². The second-order valence-corrected chi connectivity index (χ2v) is 8.67. The summed E-state index contributed by atoms with van der Waals surface area (Å²) in [5.41, 5.74) is 1.22. The summed E-state index contributed by atoms with van der Waals surface area (Å²) in [5.74, 6) is 0. The molecule has 0 amide bonds. The number of sulfonamides is 1. The number of halogens is 1. The molecule has 0 atom stereocenters. The van der Waals surface area contributed by atoms with E-state index in [1.54, 1.807) is 11.4 Å². The van der Waals surface area contributed by atoms with E-state index in [0.717, 1.165) is 22.2 Å². The Balaban J connectivity index is 1.67. The van der Waals surface area contributed by atoms with Crippen molar-refractivity contribution < 1.29 is 8.42 Å². The Morgan fingerprint density at radius 1 is 1.07 bits per heavy atom. The van der Waals surface area contributed by atoms with E-state index in [0.29, 0.717) is 16.3 Å². The quantitative estimate of drug-likeness (QED) is 0.522. The minimum atomic E-state index is -3.79. The fourth-order valence-corrected chi connectivity index (χ4v) is 4.66. The maximum absolute atomic E-state index is 12.4. The number of para-hydroxylation sites is 1. The van der Waals surface area contributed by atoms with Gasteiger partial charge in [0, 0.05) is 15.9 Å². The van der Waals surface area contributed by atoms with Gasteiger partial charge < -0.3 is 4.98 Å². The van der Waals surface area contributed by atoms with Gasteiger partial charge in [0.2, 0.25) is 0 Å². The molecule has 0 aliphatic rings. The zero-order chi connectivity index (χ0) is 19.0. The Bertz CT molecular complexity index is 1300. The van der Waals surface area contributed by atoms with Crippen LogP contribution in [-0.4, -0.2) is 18.4 Å². The number of pyridine rings is 1. The van der Waals surface area contributed by atoms with E-state index in [9.17, 15) is 13.2 Å². The molecule has 6 nitrogen and oxygen atoms in total. The number of thiazole rings is 1. The van der Waals surface area contributed by atoms with Gasteiger partial charge in [-0.2, -0.15) is 0 Å². The summed E-state index contributed by atoms with van der Waals surface area (Å²) < 4.78 is 27.3. The van der Waals surface area contributed by atoms with Crippen molar-refractivity contribution in [3.8, 4) is 11.3 Å². The number of nitrogens with zero attached hydrogens (tertiary/aromatic N) is 1. The number of H-pyrrole nitrogens is 1. The minimum absolute atomic E-state index is 0.0761. The largest absolute Gasteiger partial charge is 0.321 e. The van der Waals surface area contributed by atoms with E-state index in [2.05, 4.69) is 14.7 Å². The topological polar surface area (TPSA) is 91.9 Å². The molecule has 2 aromatic carbocycles. The third-order valence-electron chi connectivity index (χ3n) is 3.88. The van der Waals surface area contributed by atoms with Crippen LogP contribution < -0.4 is 10.3 Å². The molecule has 136 valence electrons. The lowest BCUT2D eigenvalue weighted by atomic mass is 10.1. The molecule has 0 fully saturated rings. The molecule has 0 unspecified atom stereocenters. The fraction of sp³-hybridized carbons (Fsp3) is 0. The Morgan fingerprint density at radius 2 is 1.81 bits per heavy atom. The zero-order valence-corrected chi connectivity index (χ0v) is 16.0. The first-order valence-electron chi connectivity index (χ1n) is 7.79. The van der Waals surface area contributed by atoms with Crippen LogP contribution in [0.5, 0.6) is 0 Å². The smallest absolute Gasteiger partial charge is 0.263 e. The van der Waals surface area contributed by atoms with E-state index < -0.39 is 10.0 Å². The minimum Gasteiger partial charge on any atom is -0.321 e. The van der Waals surface area contributed by atoms with Gasteiger partial charge in [-0.25, -0.2) is 13.4 Å². The molecule has 2 N–H and O–H groups in total. The fourth-order valence-electron chi connectivity index (χ4n) is 2.57. The van der Waals surface area contributed by atoms with Crippen LogP contribution in [0, 0.1) is 0 Å². The number of fused-ring (bicyclic) bond motifs is 1. The van der Waals surface area contributed by atoms with Crippen LogP contribution in [-0.2, 0) is 10.0 Å². The third-order valence-corrected chi connectivity index (χ3v) is 6.37. The molecule has 2 aromatic heterocycles. The summed E-state index contributed by atoms with van der Waals surface area (Å²) in [6, 6.07) is 15.0. The van der Waals surface area contributed by atoms with Gasteiger partial charge >= 0.3 is 0 Å². The first-order chi connectivity index (χ1) is 12.9. The van der Waals surface area contributed by atoms with E-state index in [1.165, 1.54) is 24.3 Å². The van der Waals surface area contributed by atoms with Crippen LogP contribution in [0.15, 0.2) is 69.7 Å². The van der Waals surface area contributed by atoms with Gasteiger partial charge in [0.05, 0.1) is 16.2 Å². The molecule has 4 rings (SSSR count). The first kappa shape index (κ1) is 17.7. The number of hydrogen-bond acceptors (Lipinski definition) is 5. The predicted molar refractivity (Wildman–Crippen MR) is 108 cm³/mol. The average molecular weight is 418 g/mol. The molecule has 0 saturated heterocycles. The van der Waals surface area contributed by atoms with E-state index in [4.69, 9.17) is 11.6 Å². The number of aromatic nitrogens is 2. The molecule has 0 saturated carbocycles. The van der Waals surface area contributed by atoms with Crippen molar-refractivity contribution in [3.63, 3.8) is 0 Å². The molecule has 27 heavy (non-hydrogen) atoms. The van der Waals surface area contributed by atoms with Crippen molar-refractivity contribution in [2.24, 2.45) is 0 Å². The molecule has 0 aliphatic carbocycles. The molecule has 0 radical (unpaired) electrons. The van der Waals surface area contributed by atoms with Crippen molar-refractivity contribution >= 4 is 49.0 Å². The highest BCUT2D eigenvalue weighted by molar-refractivity contribution is 7.93. The van der Waals surface area contributed by atoms with Crippen LogP contribution in [0.2, 0.25) is 5.02 Å². The van der Waals surface area contributed by atoms with Crippen molar-refractivity contribution in [2.75, 3.05) is 4.72 Å². The highest BCUT2D eigenvalue weighted by atomic mass is 35.5. The SMILES string of the molecule is O=c1[nH]c2ccccc2cc1-c1csc(NS(=O)(=O)c2ccc(Cl)cc2)n1. The molecule has 0 aliphatic heterocycles. The lowest BCUT2D eigenvalue weighted by Gasteiger charge is -2.05. The Morgan fingerprint density at radius 3 is 2.59 bits per heavy atom. The molecule has 2 heterocycles. The van der Waals surface area contributed by atoms with Gasteiger partial charge in [0.15, 0.2) is 5.13 Å². The van der Waals surface area contributed by atoms with Gasteiger partial charge in [-0.3, -0.25) is 9.52 Å². The summed E-state index contributed by atoms with van der Waals surface area (Å²) >= 11 is 6.89. The molecular formula is C18H12ClN3O3S2. The Hall–Kier alpha value is -2.68. The van der Waals surface area contributed by atoms with Crippen LogP contribution in [0.25, 0.3) is 22.2 Å². The summed E-state index contributed by atoms with van der Waals surface area (Å²) in [7, 11) is -3.79. The number of hydrogen-bond donors (Lipinski definition) is 2. The van der Waals surface area contributed by atoms with Crippen molar-refractivity contribution in [1.82, 2.24) is 9.97 Å². The standard InChI is InChI=1S/C18H12ClN3O3S2/c19-12-5-7-13(8-6-12)27(24,25)22-18-21-16(10-26-18)14-9-11-3-1-2-4-15(11)20-17(14)23/h1-10H,(H,20,23)(H,21,22). The number of anilines is 1. The monoisotopic (exact) mass is 417 g/mol. The van der Waals surface area contributed by atoms with E-state index >= 15 is 0 Å².